The smallest absolute Gasteiger partial charge is 0.369 e. The zero-order chi connectivity index (χ0) is 19.1. The average Bonchev–Trinajstić information content (AvgIpc) is 3.20. The SMILES string of the molecule is Cc1c(-c2ccc(C(=O)N3CCC[C@@H](C(N)=O)C3)s2)noc1C(F)(F)F. The summed E-state index contributed by atoms with van der Waals surface area (Å²) in [5.41, 5.74) is 5.26. The summed E-state index contributed by atoms with van der Waals surface area (Å²) < 4.78 is 42.9. The van der Waals surface area contributed by atoms with Crippen molar-refractivity contribution in [2.45, 2.75) is 25.9 Å². The van der Waals surface area contributed by atoms with E-state index in [-0.39, 0.29) is 29.6 Å². The molecule has 6 nitrogen and oxygen atoms in total. The van der Waals surface area contributed by atoms with Crippen LogP contribution in [0.2, 0.25) is 0 Å². The van der Waals surface area contributed by atoms with Gasteiger partial charge in [-0.25, -0.2) is 0 Å². The number of primary amides is 1. The molecule has 2 aromatic rings. The molecule has 2 aromatic heterocycles. The van der Waals surface area contributed by atoms with Crippen molar-refractivity contribution < 1.29 is 27.3 Å². The first kappa shape index (κ1) is 18.4. The highest BCUT2D eigenvalue weighted by Gasteiger charge is 2.39. The molecule has 2 N–H and O–H groups in total. The lowest BCUT2D eigenvalue weighted by molar-refractivity contribution is -0.156. The summed E-state index contributed by atoms with van der Waals surface area (Å²) in [4.78, 5) is 26.3. The summed E-state index contributed by atoms with van der Waals surface area (Å²) in [7, 11) is 0. The van der Waals surface area contributed by atoms with Crippen LogP contribution >= 0.6 is 11.3 Å². The van der Waals surface area contributed by atoms with Gasteiger partial charge in [0, 0.05) is 18.7 Å². The highest BCUT2D eigenvalue weighted by molar-refractivity contribution is 7.17. The molecule has 0 aliphatic carbocycles. The number of nitrogens with zero attached hydrogens (tertiary/aromatic N) is 2. The summed E-state index contributed by atoms with van der Waals surface area (Å²) >= 11 is 1.04. The van der Waals surface area contributed by atoms with Crippen molar-refractivity contribution >= 4 is 23.2 Å². The topological polar surface area (TPSA) is 89.4 Å². The second-order valence-electron chi connectivity index (χ2n) is 6.14. The molecule has 0 saturated carbocycles. The van der Waals surface area contributed by atoms with Crippen molar-refractivity contribution in [1.29, 1.82) is 0 Å². The molecule has 0 spiro atoms. The Morgan fingerprint density at radius 1 is 1.38 bits per heavy atom. The van der Waals surface area contributed by atoms with E-state index in [1.807, 2.05) is 0 Å². The fourth-order valence-corrected chi connectivity index (χ4v) is 3.97. The zero-order valence-electron chi connectivity index (χ0n) is 13.8. The summed E-state index contributed by atoms with van der Waals surface area (Å²) in [6, 6.07) is 3.08. The Kier molecular flexibility index (Phi) is 4.78. The van der Waals surface area contributed by atoms with Crippen LogP contribution in [0.25, 0.3) is 10.6 Å². The Labute approximate surface area is 150 Å². The number of rotatable bonds is 3. The number of likely N-dealkylation sites (tertiary alicyclic amines) is 1. The van der Waals surface area contributed by atoms with Crippen molar-refractivity contribution in [3.05, 3.63) is 28.3 Å². The van der Waals surface area contributed by atoms with Crippen LogP contribution < -0.4 is 5.73 Å². The van der Waals surface area contributed by atoms with Crippen molar-refractivity contribution in [3.8, 4) is 10.6 Å². The van der Waals surface area contributed by atoms with Gasteiger partial charge in [0.15, 0.2) is 0 Å². The van der Waals surface area contributed by atoms with E-state index in [1.54, 1.807) is 11.0 Å². The third-order valence-corrected chi connectivity index (χ3v) is 5.42. The number of thiophene rings is 1. The highest BCUT2D eigenvalue weighted by Crippen LogP contribution is 2.38. The van der Waals surface area contributed by atoms with E-state index in [0.29, 0.717) is 29.1 Å². The molecule has 1 atom stereocenters. The predicted octanol–water partition coefficient (Wildman–Crippen LogP) is 3.07. The molecule has 1 aliphatic heterocycles. The number of halogens is 3. The number of carbonyl (C=O) groups excluding carboxylic acids is 2. The van der Waals surface area contributed by atoms with Crippen LogP contribution in [0.3, 0.4) is 0 Å². The number of hydrogen-bond acceptors (Lipinski definition) is 5. The van der Waals surface area contributed by atoms with Crippen LogP contribution in [-0.2, 0) is 11.0 Å². The minimum absolute atomic E-state index is 0.0648. The molecule has 0 unspecified atom stereocenters. The Morgan fingerprint density at radius 3 is 2.73 bits per heavy atom. The van der Waals surface area contributed by atoms with Crippen LogP contribution in [0, 0.1) is 12.8 Å². The third kappa shape index (κ3) is 3.46. The van der Waals surface area contributed by atoms with Crippen molar-refractivity contribution in [2.24, 2.45) is 11.7 Å². The van der Waals surface area contributed by atoms with Crippen LogP contribution in [-0.4, -0.2) is 35.0 Å². The van der Waals surface area contributed by atoms with Gasteiger partial charge in [-0.2, -0.15) is 13.2 Å². The molecule has 3 heterocycles. The fourth-order valence-electron chi connectivity index (χ4n) is 2.96. The average molecular weight is 387 g/mol. The first-order chi connectivity index (χ1) is 12.2. The van der Waals surface area contributed by atoms with E-state index in [0.717, 1.165) is 11.3 Å². The number of alkyl halides is 3. The van der Waals surface area contributed by atoms with E-state index >= 15 is 0 Å². The molecule has 1 saturated heterocycles. The number of aromatic nitrogens is 1. The van der Waals surface area contributed by atoms with Crippen LogP contribution in [0.1, 0.15) is 33.8 Å². The number of hydrogen-bond donors (Lipinski definition) is 1. The fraction of sp³-hybridized carbons (Fsp3) is 0.438. The minimum atomic E-state index is -4.62. The van der Waals surface area contributed by atoms with Gasteiger partial charge in [0.2, 0.25) is 11.7 Å². The predicted molar refractivity (Wildman–Crippen MR) is 87.4 cm³/mol. The van der Waals surface area contributed by atoms with E-state index < -0.39 is 17.8 Å². The van der Waals surface area contributed by atoms with Gasteiger partial charge in [0.25, 0.3) is 5.91 Å². The Morgan fingerprint density at radius 2 is 2.12 bits per heavy atom. The van der Waals surface area contributed by atoms with E-state index in [4.69, 9.17) is 5.73 Å². The van der Waals surface area contributed by atoms with E-state index in [1.165, 1.54) is 13.0 Å². The Bertz CT molecular complexity index is 843. The Hall–Kier alpha value is -2.36. The van der Waals surface area contributed by atoms with Crippen LogP contribution in [0.15, 0.2) is 16.7 Å². The van der Waals surface area contributed by atoms with Gasteiger partial charge in [0.1, 0.15) is 5.69 Å². The molecular weight excluding hydrogens is 371 g/mol. The molecule has 1 fully saturated rings. The summed E-state index contributed by atoms with van der Waals surface area (Å²) in [5, 5.41) is 3.50. The monoisotopic (exact) mass is 387 g/mol. The molecular formula is C16H16F3N3O3S. The van der Waals surface area contributed by atoms with Gasteiger partial charge in [-0.3, -0.25) is 9.59 Å². The van der Waals surface area contributed by atoms with E-state index in [9.17, 15) is 22.8 Å². The maximum absolute atomic E-state index is 12.8. The van der Waals surface area contributed by atoms with Crippen molar-refractivity contribution in [3.63, 3.8) is 0 Å². The molecule has 0 radical (unpaired) electrons. The van der Waals surface area contributed by atoms with Gasteiger partial charge in [0.05, 0.1) is 15.7 Å². The summed E-state index contributed by atoms with van der Waals surface area (Å²) in [5.74, 6) is -2.23. The number of nitrogens with two attached hydrogens (primary N) is 1. The summed E-state index contributed by atoms with van der Waals surface area (Å²) in [6.07, 6.45) is -3.30. The zero-order valence-corrected chi connectivity index (χ0v) is 14.6. The first-order valence-corrected chi connectivity index (χ1v) is 8.72. The number of amides is 2. The van der Waals surface area contributed by atoms with Crippen molar-refractivity contribution in [1.82, 2.24) is 10.1 Å². The molecule has 1 aliphatic rings. The molecule has 2 amide bonds. The second-order valence-corrected chi connectivity index (χ2v) is 7.22. The normalized spacial score (nSPS) is 18.2. The standard InChI is InChI=1S/C16H16F3N3O3S/c1-8-12(21-25-13(8)16(17,18)19)10-4-5-11(26-10)15(24)22-6-2-3-9(7-22)14(20)23/h4-5,9H,2-3,6-7H2,1H3,(H2,20,23)/t9-/m1/s1. The minimum Gasteiger partial charge on any atom is -0.369 e. The maximum atomic E-state index is 12.8. The van der Waals surface area contributed by atoms with Gasteiger partial charge < -0.3 is 15.2 Å². The Balaban J connectivity index is 1.81. The quantitative estimate of drug-likeness (QED) is 0.877. The molecule has 10 heteroatoms. The van der Waals surface area contributed by atoms with Gasteiger partial charge in [-0.05, 0) is 31.9 Å². The summed E-state index contributed by atoms with van der Waals surface area (Å²) in [6.45, 7) is 2.04. The number of piperidine rings is 1. The molecule has 0 aromatic carbocycles. The van der Waals surface area contributed by atoms with Gasteiger partial charge >= 0.3 is 6.18 Å². The van der Waals surface area contributed by atoms with E-state index in [2.05, 4.69) is 9.68 Å². The van der Waals surface area contributed by atoms with Crippen LogP contribution in [0.4, 0.5) is 13.2 Å². The lowest BCUT2D eigenvalue weighted by atomic mass is 9.97. The van der Waals surface area contributed by atoms with Gasteiger partial charge in [-0.1, -0.05) is 5.16 Å². The number of carbonyl (C=O) groups is 2. The van der Waals surface area contributed by atoms with Crippen LogP contribution in [0.5, 0.6) is 0 Å². The highest BCUT2D eigenvalue weighted by atomic mass is 32.1. The maximum Gasteiger partial charge on any atom is 0.452 e. The first-order valence-electron chi connectivity index (χ1n) is 7.90. The molecule has 0 bridgehead atoms. The van der Waals surface area contributed by atoms with Crippen molar-refractivity contribution in [2.75, 3.05) is 13.1 Å². The largest absolute Gasteiger partial charge is 0.452 e. The second kappa shape index (κ2) is 6.75. The molecule has 26 heavy (non-hydrogen) atoms. The molecule has 3 rings (SSSR count). The molecule has 140 valence electrons. The third-order valence-electron chi connectivity index (χ3n) is 4.34. The lowest BCUT2D eigenvalue weighted by Gasteiger charge is -2.30. The lowest BCUT2D eigenvalue weighted by Crippen LogP contribution is -2.43. The van der Waals surface area contributed by atoms with Gasteiger partial charge in [-0.15, -0.1) is 11.3 Å².